The van der Waals surface area contributed by atoms with E-state index in [1.807, 2.05) is 12.4 Å². The van der Waals surface area contributed by atoms with E-state index in [4.69, 9.17) is 0 Å². The van der Waals surface area contributed by atoms with E-state index in [0.717, 1.165) is 13.1 Å². The van der Waals surface area contributed by atoms with Gasteiger partial charge in [-0.05, 0) is 49.2 Å². The van der Waals surface area contributed by atoms with Crippen LogP contribution >= 0.6 is 11.3 Å². The summed E-state index contributed by atoms with van der Waals surface area (Å²) in [6.45, 7) is 8.30. The van der Waals surface area contributed by atoms with Crippen LogP contribution in [0, 0.1) is 0 Å². The van der Waals surface area contributed by atoms with E-state index >= 15 is 0 Å². The Bertz CT molecular complexity index is 529. The van der Waals surface area contributed by atoms with Crippen LogP contribution < -0.4 is 10.2 Å². The third-order valence-corrected chi connectivity index (χ3v) is 3.83. The molecule has 0 radical (unpaired) electrons. The Morgan fingerprint density at radius 1 is 1.30 bits per heavy atom. The summed E-state index contributed by atoms with van der Waals surface area (Å²) in [5.74, 6) is 0. The van der Waals surface area contributed by atoms with Crippen LogP contribution in [0.5, 0.6) is 0 Å². The Hall–Kier alpha value is -1.39. The fourth-order valence-electron chi connectivity index (χ4n) is 2.03. The van der Waals surface area contributed by atoms with E-state index in [0.29, 0.717) is 0 Å². The summed E-state index contributed by atoms with van der Waals surface area (Å²) in [6, 6.07) is 4.27. The number of hydrogen-bond donors (Lipinski definition) is 1. The zero-order chi connectivity index (χ0) is 14.6. The molecule has 2 rings (SSSR count). The molecule has 0 aromatic carbocycles. The normalized spacial score (nSPS) is 11.6. The lowest BCUT2D eigenvalue weighted by Crippen LogP contribution is -2.35. The average Bonchev–Trinajstić information content (AvgIpc) is 2.88. The maximum Gasteiger partial charge on any atom is 0.0443 e. The molecule has 108 valence electrons. The average molecular weight is 289 g/mol. The molecule has 0 saturated carbocycles. The van der Waals surface area contributed by atoms with Crippen LogP contribution in [0.15, 0.2) is 35.3 Å². The van der Waals surface area contributed by atoms with E-state index in [1.54, 1.807) is 11.3 Å². The van der Waals surface area contributed by atoms with Crippen molar-refractivity contribution in [1.82, 2.24) is 10.3 Å². The van der Waals surface area contributed by atoms with Crippen LogP contribution in [0.25, 0.3) is 0 Å². The number of rotatable bonds is 5. The minimum Gasteiger partial charge on any atom is -0.370 e. The molecule has 2 heterocycles. The van der Waals surface area contributed by atoms with Crippen molar-refractivity contribution in [3.63, 3.8) is 0 Å². The number of anilines is 1. The molecule has 0 aliphatic heterocycles. The van der Waals surface area contributed by atoms with Gasteiger partial charge in [0.2, 0.25) is 0 Å². The molecule has 0 atom stereocenters. The Balaban J connectivity index is 2.10. The summed E-state index contributed by atoms with van der Waals surface area (Å²) in [5.41, 5.74) is 3.94. The van der Waals surface area contributed by atoms with Crippen LogP contribution in [0.4, 0.5) is 5.69 Å². The van der Waals surface area contributed by atoms with Gasteiger partial charge in [-0.3, -0.25) is 4.98 Å². The molecule has 0 aliphatic rings. The third kappa shape index (κ3) is 4.32. The molecule has 0 saturated heterocycles. The highest BCUT2D eigenvalue weighted by molar-refractivity contribution is 7.07. The van der Waals surface area contributed by atoms with Crippen molar-refractivity contribution in [2.24, 2.45) is 0 Å². The monoisotopic (exact) mass is 289 g/mol. The Morgan fingerprint density at radius 3 is 2.75 bits per heavy atom. The van der Waals surface area contributed by atoms with Gasteiger partial charge in [0.05, 0.1) is 0 Å². The van der Waals surface area contributed by atoms with Crippen molar-refractivity contribution >= 4 is 17.0 Å². The predicted octanol–water partition coefficient (Wildman–Crippen LogP) is 3.67. The van der Waals surface area contributed by atoms with Crippen LogP contribution in [-0.4, -0.2) is 17.6 Å². The first-order valence-corrected chi connectivity index (χ1v) is 7.80. The first kappa shape index (κ1) is 15.0. The number of nitrogens with one attached hydrogen (secondary N) is 1. The molecule has 1 N–H and O–H groups in total. The van der Waals surface area contributed by atoms with Gasteiger partial charge >= 0.3 is 0 Å². The van der Waals surface area contributed by atoms with Crippen LogP contribution in [0.3, 0.4) is 0 Å². The Morgan fingerprint density at radius 2 is 2.10 bits per heavy atom. The fourth-order valence-corrected chi connectivity index (χ4v) is 2.69. The quantitative estimate of drug-likeness (QED) is 0.910. The van der Waals surface area contributed by atoms with Crippen LogP contribution in [0.2, 0.25) is 0 Å². The second-order valence-corrected chi connectivity index (χ2v) is 6.88. The largest absolute Gasteiger partial charge is 0.370 e. The van der Waals surface area contributed by atoms with Gasteiger partial charge in [-0.1, -0.05) is 0 Å². The molecule has 20 heavy (non-hydrogen) atoms. The lowest BCUT2D eigenvalue weighted by molar-refractivity contribution is 0.424. The molecule has 0 aliphatic carbocycles. The molecule has 0 fully saturated rings. The van der Waals surface area contributed by atoms with Crippen molar-refractivity contribution in [2.45, 2.75) is 39.4 Å². The van der Waals surface area contributed by atoms with E-state index in [2.05, 4.69) is 65.9 Å². The standard InChI is InChI=1S/C16H23N3S/c1-16(2,3)18-10-14-9-17-7-5-15(14)19(4)11-13-6-8-20-12-13/h5-9,12,18H,10-11H2,1-4H3. The molecular formula is C16H23N3S. The SMILES string of the molecule is CN(Cc1ccsc1)c1ccncc1CNC(C)(C)C. The molecule has 3 nitrogen and oxygen atoms in total. The van der Waals surface area contributed by atoms with Crippen molar-refractivity contribution in [2.75, 3.05) is 11.9 Å². The maximum atomic E-state index is 4.26. The highest BCUT2D eigenvalue weighted by Crippen LogP contribution is 2.21. The number of hydrogen-bond acceptors (Lipinski definition) is 4. The van der Waals surface area contributed by atoms with Gasteiger partial charge in [-0.25, -0.2) is 0 Å². The van der Waals surface area contributed by atoms with Gasteiger partial charge in [-0.2, -0.15) is 11.3 Å². The molecule has 2 aromatic heterocycles. The Kier molecular flexibility index (Phi) is 4.78. The molecular weight excluding hydrogens is 266 g/mol. The summed E-state index contributed by atoms with van der Waals surface area (Å²) in [7, 11) is 2.13. The second kappa shape index (κ2) is 6.37. The minimum atomic E-state index is 0.110. The minimum absolute atomic E-state index is 0.110. The first-order chi connectivity index (χ1) is 9.46. The second-order valence-electron chi connectivity index (χ2n) is 6.10. The Labute approximate surface area is 125 Å². The lowest BCUT2D eigenvalue weighted by atomic mass is 10.1. The van der Waals surface area contributed by atoms with Gasteiger partial charge in [-0.15, -0.1) is 0 Å². The van der Waals surface area contributed by atoms with Gasteiger partial charge in [0.25, 0.3) is 0 Å². The topological polar surface area (TPSA) is 28.2 Å². The first-order valence-electron chi connectivity index (χ1n) is 6.86. The highest BCUT2D eigenvalue weighted by atomic mass is 32.1. The molecule has 0 unspecified atom stereocenters. The summed E-state index contributed by atoms with van der Waals surface area (Å²) < 4.78 is 0. The van der Waals surface area contributed by atoms with Crippen molar-refractivity contribution in [1.29, 1.82) is 0 Å². The maximum absolute atomic E-state index is 4.26. The van der Waals surface area contributed by atoms with E-state index in [1.165, 1.54) is 16.8 Å². The summed E-state index contributed by atoms with van der Waals surface area (Å²) >= 11 is 1.74. The van der Waals surface area contributed by atoms with Gasteiger partial charge in [0, 0.05) is 49.3 Å². The molecule has 0 spiro atoms. The summed E-state index contributed by atoms with van der Waals surface area (Å²) in [4.78, 5) is 6.54. The van der Waals surface area contributed by atoms with E-state index in [-0.39, 0.29) is 5.54 Å². The predicted molar refractivity (Wildman–Crippen MR) is 87.3 cm³/mol. The zero-order valence-corrected chi connectivity index (χ0v) is 13.5. The molecule has 0 bridgehead atoms. The van der Waals surface area contributed by atoms with Crippen molar-refractivity contribution < 1.29 is 0 Å². The lowest BCUT2D eigenvalue weighted by Gasteiger charge is -2.25. The summed E-state index contributed by atoms with van der Waals surface area (Å²) in [5, 5.41) is 7.85. The smallest absolute Gasteiger partial charge is 0.0443 e. The van der Waals surface area contributed by atoms with E-state index in [9.17, 15) is 0 Å². The fraction of sp³-hybridized carbons (Fsp3) is 0.438. The molecule has 0 amide bonds. The molecule has 4 heteroatoms. The van der Waals surface area contributed by atoms with Crippen LogP contribution in [0.1, 0.15) is 31.9 Å². The number of thiophene rings is 1. The number of pyridine rings is 1. The highest BCUT2D eigenvalue weighted by Gasteiger charge is 2.12. The number of nitrogens with zero attached hydrogens (tertiary/aromatic N) is 2. The van der Waals surface area contributed by atoms with Crippen LogP contribution in [-0.2, 0) is 13.1 Å². The van der Waals surface area contributed by atoms with Gasteiger partial charge in [0.15, 0.2) is 0 Å². The van der Waals surface area contributed by atoms with Gasteiger partial charge < -0.3 is 10.2 Å². The van der Waals surface area contributed by atoms with E-state index < -0.39 is 0 Å². The zero-order valence-electron chi connectivity index (χ0n) is 12.7. The van der Waals surface area contributed by atoms with Gasteiger partial charge in [0.1, 0.15) is 0 Å². The van der Waals surface area contributed by atoms with Crippen molar-refractivity contribution in [3.8, 4) is 0 Å². The third-order valence-electron chi connectivity index (χ3n) is 3.10. The number of aromatic nitrogens is 1. The van der Waals surface area contributed by atoms with Crippen molar-refractivity contribution in [3.05, 3.63) is 46.4 Å². The molecule has 2 aromatic rings. The summed E-state index contributed by atoms with van der Waals surface area (Å²) in [6.07, 6.45) is 3.82.